The van der Waals surface area contributed by atoms with E-state index in [1.165, 1.54) is 11.6 Å². The van der Waals surface area contributed by atoms with E-state index >= 15 is 0 Å². The molecule has 2 saturated heterocycles. The van der Waals surface area contributed by atoms with Gasteiger partial charge in [0.2, 0.25) is 5.91 Å². The molecule has 2 aliphatic rings. The molecule has 1 aromatic heterocycles. The summed E-state index contributed by atoms with van der Waals surface area (Å²) in [5, 5.41) is 13.3. The average molecular weight is 491 g/mol. The van der Waals surface area contributed by atoms with Crippen molar-refractivity contribution < 1.29 is 18.0 Å². The van der Waals surface area contributed by atoms with Crippen molar-refractivity contribution in [2.75, 3.05) is 45.2 Å². The molecule has 0 N–H and O–H groups in total. The van der Waals surface area contributed by atoms with Crippen LogP contribution in [-0.2, 0) is 17.5 Å². The van der Waals surface area contributed by atoms with Crippen molar-refractivity contribution in [3.05, 3.63) is 51.7 Å². The van der Waals surface area contributed by atoms with Gasteiger partial charge in [0.05, 0.1) is 23.1 Å². The van der Waals surface area contributed by atoms with Crippen molar-refractivity contribution in [1.82, 2.24) is 9.80 Å². The molecule has 0 radical (unpaired) electrons. The first kappa shape index (κ1) is 24.6. The summed E-state index contributed by atoms with van der Waals surface area (Å²) < 4.78 is 40.2. The van der Waals surface area contributed by atoms with Crippen molar-refractivity contribution in [2.24, 2.45) is 17.8 Å². The maximum atomic E-state index is 13.4. The van der Waals surface area contributed by atoms with Crippen LogP contribution in [-0.4, -0.2) is 56.0 Å². The third-order valence-electron chi connectivity index (χ3n) is 7.12. The summed E-state index contributed by atoms with van der Waals surface area (Å²) in [5.41, 5.74) is 0.521. The minimum Gasteiger partial charge on any atom is -0.372 e. The molecule has 2 fully saturated rings. The van der Waals surface area contributed by atoms with Crippen LogP contribution in [0.4, 0.5) is 18.9 Å². The van der Waals surface area contributed by atoms with Gasteiger partial charge in [0.1, 0.15) is 0 Å². The summed E-state index contributed by atoms with van der Waals surface area (Å²) >= 11 is 1.67. The maximum absolute atomic E-state index is 13.4. The lowest BCUT2D eigenvalue weighted by Gasteiger charge is -2.38. The number of carbonyl (C=O) groups is 1. The molecule has 0 saturated carbocycles. The monoisotopic (exact) mass is 490 g/mol. The molecule has 182 valence electrons. The van der Waals surface area contributed by atoms with Crippen LogP contribution in [0.1, 0.15) is 29.5 Å². The molecule has 5 nitrogen and oxygen atoms in total. The van der Waals surface area contributed by atoms with Gasteiger partial charge in [-0.1, -0.05) is 0 Å². The normalized spacial score (nSPS) is 22.1. The van der Waals surface area contributed by atoms with Gasteiger partial charge in [-0.25, -0.2) is 0 Å². The number of nitrogens with zero attached hydrogens (tertiary/aromatic N) is 4. The fourth-order valence-electron chi connectivity index (χ4n) is 5.40. The number of hydrogen-bond donors (Lipinski definition) is 0. The van der Waals surface area contributed by atoms with E-state index in [-0.39, 0.29) is 23.3 Å². The molecule has 34 heavy (non-hydrogen) atoms. The number of halogens is 3. The van der Waals surface area contributed by atoms with Gasteiger partial charge in [0.15, 0.2) is 0 Å². The molecular weight excluding hydrogens is 461 g/mol. The zero-order valence-electron chi connectivity index (χ0n) is 19.4. The third kappa shape index (κ3) is 5.23. The number of rotatable bonds is 5. The lowest BCUT2D eigenvalue weighted by molar-refractivity contribution is -0.137. The molecule has 0 bridgehead atoms. The summed E-state index contributed by atoms with van der Waals surface area (Å²) in [6.07, 6.45) is -2.90. The van der Waals surface area contributed by atoms with Crippen LogP contribution in [0.15, 0.2) is 35.0 Å². The second-order valence-corrected chi connectivity index (χ2v) is 10.3. The zero-order chi connectivity index (χ0) is 24.5. The van der Waals surface area contributed by atoms with Crippen molar-refractivity contribution in [3.63, 3.8) is 0 Å². The molecule has 3 heterocycles. The highest BCUT2D eigenvalue weighted by Gasteiger charge is 2.43. The molecule has 4 rings (SSSR count). The first-order valence-corrected chi connectivity index (χ1v) is 12.4. The lowest BCUT2D eigenvalue weighted by atomic mass is 9.78. The SMILES string of the molecule is CN(C)C(=O)[C@@H]1CN(Cc2ccsc2)C[C@H]1C1CCN(c2ccc(C#N)c(C(F)(F)F)c2)CC1. The summed E-state index contributed by atoms with van der Waals surface area (Å²) in [7, 11) is 3.60. The second-order valence-electron chi connectivity index (χ2n) is 9.49. The van der Waals surface area contributed by atoms with E-state index in [1.54, 1.807) is 42.5 Å². The molecule has 2 atom stereocenters. The molecule has 0 unspecified atom stereocenters. The number of anilines is 1. The molecule has 0 aliphatic carbocycles. The van der Waals surface area contributed by atoms with Gasteiger partial charge in [-0.15, -0.1) is 0 Å². The molecular formula is C25H29F3N4OS. The Kier molecular flexibility index (Phi) is 7.20. The molecule has 2 aromatic rings. The van der Waals surface area contributed by atoms with Crippen LogP contribution >= 0.6 is 11.3 Å². The number of carbonyl (C=O) groups excluding carboxylic acids is 1. The van der Waals surface area contributed by atoms with E-state index in [1.807, 2.05) is 4.90 Å². The first-order valence-electron chi connectivity index (χ1n) is 11.5. The lowest BCUT2D eigenvalue weighted by Crippen LogP contribution is -2.41. The molecule has 1 amide bonds. The first-order chi connectivity index (χ1) is 16.2. The maximum Gasteiger partial charge on any atom is 0.417 e. The number of alkyl halides is 3. The Morgan fingerprint density at radius 1 is 1.21 bits per heavy atom. The standard InChI is InChI=1S/C25H29F3N4OS/c1-30(2)24(33)22-15-31(13-17-7-10-34-16-17)14-21(22)18-5-8-32(9-6-18)20-4-3-19(12-29)23(11-20)25(26,27)28/h3-4,7,10-11,16,18,21-22H,5-6,8-9,13-15H2,1-2H3/t21-,22+/m0/s1. The van der Waals surface area contributed by atoms with Gasteiger partial charge < -0.3 is 9.80 Å². The van der Waals surface area contributed by atoms with Crippen molar-refractivity contribution >= 4 is 22.9 Å². The Morgan fingerprint density at radius 2 is 1.94 bits per heavy atom. The number of hydrogen-bond acceptors (Lipinski definition) is 5. The Hall–Kier alpha value is -2.57. The van der Waals surface area contributed by atoms with E-state index in [0.717, 1.165) is 38.5 Å². The van der Waals surface area contributed by atoms with Crippen molar-refractivity contribution in [1.29, 1.82) is 5.26 Å². The van der Waals surface area contributed by atoms with Gasteiger partial charge in [0, 0.05) is 52.5 Å². The number of nitriles is 1. The summed E-state index contributed by atoms with van der Waals surface area (Å²) in [6.45, 7) is 3.71. The number of benzene rings is 1. The topological polar surface area (TPSA) is 50.6 Å². The Morgan fingerprint density at radius 3 is 2.53 bits per heavy atom. The molecule has 1 aromatic carbocycles. The van der Waals surface area contributed by atoms with Crippen LogP contribution in [0.3, 0.4) is 0 Å². The number of likely N-dealkylation sites (tertiary alicyclic amines) is 1. The largest absolute Gasteiger partial charge is 0.417 e. The van der Waals surface area contributed by atoms with E-state index in [2.05, 4.69) is 21.7 Å². The molecule has 9 heteroatoms. The van der Waals surface area contributed by atoms with Gasteiger partial charge in [-0.05, 0) is 65.3 Å². The third-order valence-corrected chi connectivity index (χ3v) is 7.86. The minimum absolute atomic E-state index is 0.0584. The number of amides is 1. The zero-order valence-corrected chi connectivity index (χ0v) is 20.2. The Balaban J connectivity index is 1.46. The fourth-order valence-corrected chi connectivity index (χ4v) is 6.06. The van der Waals surface area contributed by atoms with Crippen LogP contribution in [0.2, 0.25) is 0 Å². The minimum atomic E-state index is -4.56. The second kappa shape index (κ2) is 9.96. The Bertz CT molecular complexity index is 1040. The van der Waals surface area contributed by atoms with Gasteiger partial charge in [0.25, 0.3) is 0 Å². The molecule has 0 spiro atoms. The number of thiophene rings is 1. The van der Waals surface area contributed by atoms with Crippen LogP contribution < -0.4 is 4.90 Å². The van der Waals surface area contributed by atoms with Crippen LogP contribution in [0.5, 0.6) is 0 Å². The van der Waals surface area contributed by atoms with E-state index in [0.29, 0.717) is 24.7 Å². The average Bonchev–Trinajstić information content (AvgIpc) is 3.48. The Labute approximate surface area is 202 Å². The summed E-state index contributed by atoms with van der Waals surface area (Å²) in [6, 6.07) is 7.71. The van der Waals surface area contributed by atoms with Gasteiger partial charge in [-0.3, -0.25) is 9.69 Å². The fraction of sp³-hybridized carbons (Fsp3) is 0.520. The predicted octanol–water partition coefficient (Wildman–Crippen LogP) is 4.69. The number of piperidine rings is 1. The summed E-state index contributed by atoms with van der Waals surface area (Å²) in [5.74, 6) is 0.680. The highest BCUT2D eigenvalue weighted by Crippen LogP contribution is 2.39. The highest BCUT2D eigenvalue weighted by atomic mass is 32.1. The highest BCUT2D eigenvalue weighted by molar-refractivity contribution is 7.07. The van der Waals surface area contributed by atoms with Crippen molar-refractivity contribution in [2.45, 2.75) is 25.6 Å². The van der Waals surface area contributed by atoms with Crippen LogP contribution in [0.25, 0.3) is 0 Å². The van der Waals surface area contributed by atoms with E-state index in [9.17, 15) is 18.0 Å². The quantitative estimate of drug-likeness (QED) is 0.610. The van der Waals surface area contributed by atoms with Crippen LogP contribution in [0, 0.1) is 29.1 Å². The van der Waals surface area contributed by atoms with Gasteiger partial charge in [-0.2, -0.15) is 29.8 Å². The predicted molar refractivity (Wildman–Crippen MR) is 126 cm³/mol. The molecule has 2 aliphatic heterocycles. The van der Waals surface area contributed by atoms with Gasteiger partial charge >= 0.3 is 6.18 Å². The summed E-state index contributed by atoms with van der Waals surface area (Å²) in [4.78, 5) is 19.0. The smallest absolute Gasteiger partial charge is 0.372 e. The van der Waals surface area contributed by atoms with E-state index in [4.69, 9.17) is 5.26 Å². The van der Waals surface area contributed by atoms with E-state index < -0.39 is 11.7 Å². The van der Waals surface area contributed by atoms with Crippen molar-refractivity contribution in [3.8, 4) is 6.07 Å².